The van der Waals surface area contributed by atoms with Crippen molar-refractivity contribution in [3.8, 4) is 5.82 Å². The van der Waals surface area contributed by atoms with Crippen LogP contribution in [0.1, 0.15) is 49.5 Å². The van der Waals surface area contributed by atoms with Gasteiger partial charge >= 0.3 is 0 Å². The van der Waals surface area contributed by atoms with Gasteiger partial charge in [0, 0.05) is 42.0 Å². The molecule has 1 aliphatic rings. The first-order valence-electron chi connectivity index (χ1n) is 10.8. The zero-order valence-corrected chi connectivity index (χ0v) is 21.1. The Bertz CT molecular complexity index is 916. The summed E-state index contributed by atoms with van der Waals surface area (Å²) >= 11 is 1.89. The number of hydrogen-bond donors (Lipinski definition) is 2. The highest BCUT2D eigenvalue weighted by Crippen LogP contribution is 2.41. The SMILES string of the molecule is CCNC(=NCc1ccc(-n2ccnc2)nc1)NCC1(c2cccs2)CCCCC1.I. The second-order valence-electron chi connectivity index (χ2n) is 7.86. The van der Waals surface area contributed by atoms with Gasteiger partial charge in [-0.25, -0.2) is 15.0 Å². The zero-order valence-electron chi connectivity index (χ0n) is 18.0. The van der Waals surface area contributed by atoms with Crippen molar-refractivity contribution >= 4 is 41.3 Å². The summed E-state index contributed by atoms with van der Waals surface area (Å²) in [7, 11) is 0. The molecule has 3 aromatic rings. The third-order valence-electron chi connectivity index (χ3n) is 5.79. The van der Waals surface area contributed by atoms with E-state index in [0.717, 1.165) is 30.4 Å². The Balaban J connectivity index is 0.00000272. The van der Waals surface area contributed by atoms with Gasteiger partial charge < -0.3 is 10.6 Å². The van der Waals surface area contributed by atoms with Crippen molar-refractivity contribution in [1.82, 2.24) is 25.2 Å². The summed E-state index contributed by atoms with van der Waals surface area (Å²) in [6.45, 7) is 4.47. The van der Waals surface area contributed by atoms with Gasteiger partial charge in [0.1, 0.15) is 12.1 Å². The van der Waals surface area contributed by atoms with Crippen LogP contribution in [0, 0.1) is 0 Å². The van der Waals surface area contributed by atoms with Crippen LogP contribution >= 0.6 is 35.3 Å². The van der Waals surface area contributed by atoms with Crippen LogP contribution in [0.15, 0.2) is 59.6 Å². The van der Waals surface area contributed by atoms with Crippen LogP contribution in [0.2, 0.25) is 0 Å². The number of imidazole rings is 1. The Kier molecular flexibility index (Phi) is 8.89. The fraction of sp³-hybridized carbons (Fsp3) is 0.435. The van der Waals surface area contributed by atoms with E-state index in [2.05, 4.69) is 51.1 Å². The Labute approximate surface area is 205 Å². The monoisotopic (exact) mass is 550 g/mol. The minimum Gasteiger partial charge on any atom is -0.357 e. The third kappa shape index (κ3) is 6.06. The lowest BCUT2D eigenvalue weighted by atomic mass is 9.73. The second kappa shape index (κ2) is 11.6. The van der Waals surface area contributed by atoms with E-state index < -0.39 is 0 Å². The van der Waals surface area contributed by atoms with Crippen molar-refractivity contribution in [3.05, 3.63) is 65.0 Å². The molecule has 0 unspecified atom stereocenters. The highest BCUT2D eigenvalue weighted by atomic mass is 127. The molecule has 31 heavy (non-hydrogen) atoms. The maximum Gasteiger partial charge on any atom is 0.191 e. The van der Waals surface area contributed by atoms with Gasteiger partial charge in [-0.15, -0.1) is 35.3 Å². The molecule has 1 fully saturated rings. The number of halogens is 1. The van der Waals surface area contributed by atoms with Gasteiger partial charge in [0.25, 0.3) is 0 Å². The van der Waals surface area contributed by atoms with Crippen molar-refractivity contribution in [2.24, 2.45) is 4.99 Å². The molecule has 0 atom stereocenters. The molecule has 8 heteroatoms. The number of nitrogens with zero attached hydrogens (tertiary/aromatic N) is 4. The Hall–Kier alpha value is -1.94. The Morgan fingerprint density at radius 3 is 2.71 bits per heavy atom. The summed E-state index contributed by atoms with van der Waals surface area (Å²) in [5.41, 5.74) is 1.32. The van der Waals surface area contributed by atoms with Crippen molar-refractivity contribution in [1.29, 1.82) is 0 Å². The number of guanidine groups is 1. The molecule has 0 bridgehead atoms. The highest BCUT2D eigenvalue weighted by molar-refractivity contribution is 14.0. The average Bonchev–Trinajstić information content (AvgIpc) is 3.52. The van der Waals surface area contributed by atoms with E-state index in [1.807, 2.05) is 34.4 Å². The lowest BCUT2D eigenvalue weighted by molar-refractivity contribution is 0.296. The molecule has 2 N–H and O–H groups in total. The molecule has 6 nitrogen and oxygen atoms in total. The van der Waals surface area contributed by atoms with Gasteiger partial charge in [-0.05, 0) is 42.8 Å². The van der Waals surface area contributed by atoms with Gasteiger partial charge in [0.05, 0.1) is 6.54 Å². The summed E-state index contributed by atoms with van der Waals surface area (Å²) in [5, 5.41) is 9.23. The molecule has 1 saturated carbocycles. The average molecular weight is 551 g/mol. The molecule has 0 aliphatic heterocycles. The fourth-order valence-corrected chi connectivity index (χ4v) is 5.13. The molecule has 4 rings (SSSR count). The zero-order chi connectivity index (χ0) is 20.7. The smallest absolute Gasteiger partial charge is 0.191 e. The maximum absolute atomic E-state index is 4.81. The van der Waals surface area contributed by atoms with Crippen LogP contribution in [-0.2, 0) is 12.0 Å². The molecule has 3 heterocycles. The van der Waals surface area contributed by atoms with Gasteiger partial charge in [-0.1, -0.05) is 31.4 Å². The number of rotatable bonds is 7. The van der Waals surface area contributed by atoms with E-state index in [1.54, 1.807) is 12.5 Å². The lowest BCUT2D eigenvalue weighted by Gasteiger charge is -2.37. The molecular formula is C23H31IN6S. The summed E-state index contributed by atoms with van der Waals surface area (Å²) in [6.07, 6.45) is 13.7. The van der Waals surface area contributed by atoms with Crippen molar-refractivity contribution < 1.29 is 0 Å². The predicted molar refractivity (Wildman–Crippen MR) is 139 cm³/mol. The number of thiophene rings is 1. The number of aromatic nitrogens is 3. The highest BCUT2D eigenvalue weighted by Gasteiger charge is 2.34. The molecule has 0 aromatic carbocycles. The van der Waals surface area contributed by atoms with E-state index in [0.29, 0.717) is 6.54 Å². The number of nitrogens with one attached hydrogen (secondary N) is 2. The van der Waals surface area contributed by atoms with Crippen molar-refractivity contribution in [3.63, 3.8) is 0 Å². The molecule has 166 valence electrons. The molecule has 3 aromatic heterocycles. The Morgan fingerprint density at radius 2 is 2.06 bits per heavy atom. The quantitative estimate of drug-likeness (QED) is 0.250. The minimum atomic E-state index is 0. The topological polar surface area (TPSA) is 67.1 Å². The van der Waals surface area contributed by atoms with E-state index in [4.69, 9.17) is 4.99 Å². The van der Waals surface area contributed by atoms with Gasteiger partial charge in [0.2, 0.25) is 0 Å². The summed E-state index contributed by atoms with van der Waals surface area (Å²) < 4.78 is 1.90. The van der Waals surface area contributed by atoms with Gasteiger partial charge in [0.15, 0.2) is 5.96 Å². The van der Waals surface area contributed by atoms with E-state index in [1.165, 1.54) is 37.0 Å². The summed E-state index contributed by atoms with van der Waals surface area (Å²) in [5.74, 6) is 1.73. The fourth-order valence-electron chi connectivity index (χ4n) is 4.14. The number of hydrogen-bond acceptors (Lipinski definition) is 4. The van der Waals surface area contributed by atoms with Crippen LogP contribution < -0.4 is 10.6 Å². The molecule has 0 radical (unpaired) electrons. The standard InChI is InChI=1S/C23H30N6S.HI/c1-2-25-22(27-16-19-8-9-21(26-15-19)29-13-12-24-18-29)28-17-23(10-4-3-5-11-23)20-7-6-14-30-20;/h6-9,12-15,18H,2-5,10-11,16-17H2,1H3,(H2,25,27,28);1H. The predicted octanol–water partition coefficient (Wildman–Crippen LogP) is 4.90. The summed E-state index contributed by atoms with van der Waals surface area (Å²) in [6, 6.07) is 8.55. The molecule has 0 amide bonds. The summed E-state index contributed by atoms with van der Waals surface area (Å²) in [4.78, 5) is 14.9. The van der Waals surface area contributed by atoms with Crippen molar-refractivity contribution in [2.45, 2.75) is 51.0 Å². The van der Waals surface area contributed by atoms with Gasteiger partial charge in [-0.3, -0.25) is 4.57 Å². The first-order chi connectivity index (χ1) is 14.8. The van der Waals surface area contributed by atoms with E-state index >= 15 is 0 Å². The van der Waals surface area contributed by atoms with Crippen LogP contribution in [0.3, 0.4) is 0 Å². The maximum atomic E-state index is 4.81. The minimum absolute atomic E-state index is 0. The lowest BCUT2D eigenvalue weighted by Crippen LogP contribution is -2.46. The second-order valence-corrected chi connectivity index (χ2v) is 8.81. The van der Waals surface area contributed by atoms with Crippen molar-refractivity contribution in [2.75, 3.05) is 13.1 Å². The van der Waals surface area contributed by atoms with Crippen LogP contribution in [0.5, 0.6) is 0 Å². The van der Waals surface area contributed by atoms with Crippen LogP contribution in [0.25, 0.3) is 5.82 Å². The normalized spacial score (nSPS) is 15.8. The number of aliphatic imine (C=N–C) groups is 1. The first-order valence-corrected chi connectivity index (χ1v) is 11.7. The third-order valence-corrected chi connectivity index (χ3v) is 6.91. The van der Waals surface area contributed by atoms with E-state index in [-0.39, 0.29) is 29.4 Å². The van der Waals surface area contributed by atoms with E-state index in [9.17, 15) is 0 Å². The molecule has 0 saturated heterocycles. The molecular weight excluding hydrogens is 519 g/mol. The van der Waals surface area contributed by atoms with Gasteiger partial charge in [-0.2, -0.15) is 0 Å². The number of pyridine rings is 1. The largest absolute Gasteiger partial charge is 0.357 e. The molecule has 0 spiro atoms. The Morgan fingerprint density at radius 1 is 1.19 bits per heavy atom. The first kappa shape index (κ1) is 23.7. The van der Waals surface area contributed by atoms with Crippen LogP contribution in [0.4, 0.5) is 0 Å². The van der Waals surface area contributed by atoms with Crippen LogP contribution in [-0.4, -0.2) is 33.6 Å². The molecule has 1 aliphatic carbocycles.